The molecule has 0 fully saturated rings. The van der Waals surface area contributed by atoms with Crippen molar-refractivity contribution in [3.05, 3.63) is 54.9 Å². The summed E-state index contributed by atoms with van der Waals surface area (Å²) >= 11 is 0. The van der Waals surface area contributed by atoms with Gasteiger partial charge in [-0.25, -0.2) is 0 Å². The minimum absolute atomic E-state index is 0.566. The molecule has 91 valence electrons. The molecule has 2 rings (SSSR count). The third-order valence-electron chi connectivity index (χ3n) is 2.77. The molecule has 2 aromatic rings. The summed E-state index contributed by atoms with van der Waals surface area (Å²) in [6.45, 7) is 8.35. The van der Waals surface area contributed by atoms with Crippen molar-refractivity contribution in [1.29, 1.82) is 0 Å². The molecular weight excluding hydrogens is 236 g/mol. The van der Waals surface area contributed by atoms with Gasteiger partial charge in [0, 0.05) is 12.4 Å². The molecule has 0 aliphatic rings. The van der Waals surface area contributed by atoms with Crippen LogP contribution < -0.4 is 5.19 Å². The molecule has 1 radical (unpaired) electrons. The Morgan fingerprint density at radius 3 is 2.72 bits per heavy atom. The molecular formula is C15H17N2Si. The van der Waals surface area contributed by atoms with Crippen molar-refractivity contribution in [3.8, 4) is 11.4 Å². The van der Waals surface area contributed by atoms with E-state index in [-0.39, 0.29) is 0 Å². The molecule has 0 atom stereocenters. The van der Waals surface area contributed by atoms with E-state index < -0.39 is 8.80 Å². The Morgan fingerprint density at radius 1 is 1.28 bits per heavy atom. The highest BCUT2D eigenvalue weighted by Crippen LogP contribution is 2.13. The molecule has 2 heterocycles. The van der Waals surface area contributed by atoms with Gasteiger partial charge in [-0.3, -0.25) is 9.97 Å². The third kappa shape index (κ3) is 2.74. The van der Waals surface area contributed by atoms with Gasteiger partial charge >= 0.3 is 0 Å². The predicted molar refractivity (Wildman–Crippen MR) is 78.5 cm³/mol. The van der Waals surface area contributed by atoms with Gasteiger partial charge in [-0.05, 0) is 29.3 Å². The van der Waals surface area contributed by atoms with Crippen LogP contribution in [-0.2, 0) is 6.42 Å². The number of allylic oxidation sites excluding steroid dienone is 1. The fourth-order valence-corrected chi connectivity index (χ4v) is 3.01. The van der Waals surface area contributed by atoms with Crippen LogP contribution in [0.1, 0.15) is 5.56 Å². The van der Waals surface area contributed by atoms with Gasteiger partial charge in [0.25, 0.3) is 0 Å². The first-order chi connectivity index (χ1) is 8.72. The van der Waals surface area contributed by atoms with Crippen molar-refractivity contribution in [2.75, 3.05) is 0 Å². The van der Waals surface area contributed by atoms with Crippen LogP contribution in [0.15, 0.2) is 49.3 Å². The van der Waals surface area contributed by atoms with Gasteiger partial charge in [0.1, 0.15) is 0 Å². The maximum Gasteiger partial charge on any atom is 0.0884 e. The zero-order chi connectivity index (χ0) is 13.0. The van der Waals surface area contributed by atoms with Gasteiger partial charge in [-0.2, -0.15) is 0 Å². The summed E-state index contributed by atoms with van der Waals surface area (Å²) in [5, 5.41) is 1.35. The minimum atomic E-state index is -0.566. The molecule has 0 aromatic carbocycles. The van der Waals surface area contributed by atoms with E-state index >= 15 is 0 Å². The Hall–Kier alpha value is -1.74. The second-order valence-electron chi connectivity index (χ2n) is 4.45. The normalized spacial score (nSPS) is 10.6. The van der Waals surface area contributed by atoms with E-state index in [1.165, 1.54) is 10.8 Å². The van der Waals surface area contributed by atoms with Crippen LogP contribution in [0.5, 0.6) is 0 Å². The SMILES string of the molecule is C=CCc1cnc(-c2ccccn2)c([Si](C)C)c1. The summed E-state index contributed by atoms with van der Waals surface area (Å²) in [6, 6.07) is 8.21. The highest BCUT2D eigenvalue weighted by molar-refractivity contribution is 6.72. The number of hydrogen-bond acceptors (Lipinski definition) is 2. The molecule has 18 heavy (non-hydrogen) atoms. The number of hydrogen-bond donors (Lipinski definition) is 0. The number of pyridine rings is 2. The van der Waals surface area contributed by atoms with E-state index in [1.54, 1.807) is 0 Å². The van der Waals surface area contributed by atoms with Crippen molar-refractivity contribution >= 4 is 14.0 Å². The van der Waals surface area contributed by atoms with Crippen molar-refractivity contribution < 1.29 is 0 Å². The Bertz CT molecular complexity index is 535. The van der Waals surface area contributed by atoms with E-state index in [2.05, 4.69) is 35.7 Å². The molecule has 3 heteroatoms. The first kappa shape index (κ1) is 12.7. The minimum Gasteiger partial charge on any atom is -0.255 e. The molecule has 0 amide bonds. The fraction of sp³-hybridized carbons (Fsp3) is 0.200. The Labute approximate surface area is 110 Å². The predicted octanol–water partition coefficient (Wildman–Crippen LogP) is 2.83. The zero-order valence-electron chi connectivity index (χ0n) is 10.9. The Kier molecular flexibility index (Phi) is 4.05. The summed E-state index contributed by atoms with van der Waals surface area (Å²) in [7, 11) is -0.566. The van der Waals surface area contributed by atoms with Crippen LogP contribution in [0.25, 0.3) is 11.4 Å². The summed E-state index contributed by atoms with van der Waals surface area (Å²) in [6.07, 6.45) is 6.53. The molecule has 0 N–H and O–H groups in total. The highest BCUT2D eigenvalue weighted by atomic mass is 28.3. The van der Waals surface area contributed by atoms with Crippen molar-refractivity contribution in [3.63, 3.8) is 0 Å². The van der Waals surface area contributed by atoms with E-state index in [0.29, 0.717) is 0 Å². The highest BCUT2D eigenvalue weighted by Gasteiger charge is 2.12. The standard InChI is InChI=1S/C15H17N2Si/c1-4-7-12-10-14(18(2)3)15(17-11-12)13-8-5-6-9-16-13/h4-6,8-11H,1,7H2,2-3H3. The van der Waals surface area contributed by atoms with E-state index in [4.69, 9.17) is 0 Å². The smallest absolute Gasteiger partial charge is 0.0884 e. The Morgan fingerprint density at radius 2 is 2.11 bits per heavy atom. The number of nitrogens with zero attached hydrogens (tertiary/aromatic N) is 2. The van der Waals surface area contributed by atoms with Crippen molar-refractivity contribution in [2.45, 2.75) is 19.5 Å². The van der Waals surface area contributed by atoms with Crippen LogP contribution in [0.2, 0.25) is 13.1 Å². The largest absolute Gasteiger partial charge is 0.255 e. The molecule has 0 bridgehead atoms. The second-order valence-corrected chi connectivity index (χ2v) is 6.99. The van der Waals surface area contributed by atoms with Gasteiger partial charge in [-0.15, -0.1) is 6.58 Å². The van der Waals surface area contributed by atoms with Gasteiger partial charge in [-0.1, -0.05) is 31.3 Å². The topological polar surface area (TPSA) is 25.8 Å². The maximum atomic E-state index is 4.60. The summed E-state index contributed by atoms with van der Waals surface area (Å²) in [5.74, 6) is 0. The van der Waals surface area contributed by atoms with Crippen LogP contribution >= 0.6 is 0 Å². The van der Waals surface area contributed by atoms with E-state index in [1.807, 2.05) is 36.7 Å². The first-order valence-corrected chi connectivity index (χ1v) is 8.54. The summed E-state index contributed by atoms with van der Waals surface area (Å²) in [4.78, 5) is 9.01. The van der Waals surface area contributed by atoms with Crippen molar-refractivity contribution in [2.24, 2.45) is 0 Å². The lowest BCUT2D eigenvalue weighted by atomic mass is 10.1. The average molecular weight is 253 g/mol. The van der Waals surface area contributed by atoms with Gasteiger partial charge in [0.05, 0.1) is 20.2 Å². The van der Waals surface area contributed by atoms with Crippen LogP contribution in [0.3, 0.4) is 0 Å². The lowest BCUT2D eigenvalue weighted by molar-refractivity contribution is 1.19. The first-order valence-electron chi connectivity index (χ1n) is 6.04. The number of aromatic nitrogens is 2. The Balaban J connectivity index is 2.50. The lowest BCUT2D eigenvalue weighted by Gasteiger charge is -2.12. The number of rotatable bonds is 4. The van der Waals surface area contributed by atoms with Crippen molar-refractivity contribution in [1.82, 2.24) is 9.97 Å². The van der Waals surface area contributed by atoms with Crippen LogP contribution in [0.4, 0.5) is 0 Å². The van der Waals surface area contributed by atoms with Gasteiger partial charge in [0.2, 0.25) is 0 Å². The molecule has 0 saturated carbocycles. The summed E-state index contributed by atoms with van der Waals surface area (Å²) in [5.41, 5.74) is 3.22. The molecule has 0 aliphatic carbocycles. The fourth-order valence-electron chi connectivity index (χ4n) is 1.87. The lowest BCUT2D eigenvalue weighted by Crippen LogP contribution is -2.26. The van der Waals surface area contributed by atoms with E-state index in [0.717, 1.165) is 17.8 Å². The zero-order valence-corrected chi connectivity index (χ0v) is 11.9. The second kappa shape index (κ2) is 5.73. The molecule has 0 unspecified atom stereocenters. The molecule has 0 aliphatic heterocycles. The molecule has 2 aromatic heterocycles. The monoisotopic (exact) mass is 253 g/mol. The maximum absolute atomic E-state index is 4.60. The molecule has 2 nitrogen and oxygen atoms in total. The quantitative estimate of drug-likeness (QED) is 0.618. The molecule has 0 spiro atoms. The molecule has 0 saturated heterocycles. The summed E-state index contributed by atoms with van der Waals surface area (Å²) < 4.78 is 0. The third-order valence-corrected chi connectivity index (χ3v) is 4.23. The van der Waals surface area contributed by atoms with Crippen LogP contribution in [0, 0.1) is 0 Å². The average Bonchev–Trinajstić information content (AvgIpc) is 2.40. The van der Waals surface area contributed by atoms with Gasteiger partial charge < -0.3 is 0 Å². The van der Waals surface area contributed by atoms with E-state index in [9.17, 15) is 0 Å². The van der Waals surface area contributed by atoms with Gasteiger partial charge in [0.15, 0.2) is 0 Å². The van der Waals surface area contributed by atoms with Crippen LogP contribution in [-0.4, -0.2) is 18.8 Å².